The predicted molar refractivity (Wildman–Crippen MR) is 91.4 cm³/mol. The summed E-state index contributed by atoms with van der Waals surface area (Å²) in [6.07, 6.45) is 0. The van der Waals surface area contributed by atoms with Crippen LogP contribution in [-0.2, 0) is 11.3 Å². The molecule has 0 aliphatic rings. The van der Waals surface area contributed by atoms with Gasteiger partial charge in [0.05, 0.1) is 7.11 Å². The Morgan fingerprint density at radius 3 is 2.43 bits per heavy atom. The Balaban J connectivity index is 2.26. The lowest BCUT2D eigenvalue weighted by atomic mass is 10.1. The molecule has 3 aromatic rings. The van der Waals surface area contributed by atoms with E-state index in [2.05, 4.69) is 16.4 Å². The average molecular weight is 303 g/mol. The van der Waals surface area contributed by atoms with E-state index in [1.165, 1.54) is 7.11 Å². The van der Waals surface area contributed by atoms with E-state index in [9.17, 15) is 4.79 Å². The number of ether oxygens (including phenoxy) is 1. The molecule has 1 aromatic heterocycles. The maximum Gasteiger partial charge on any atom is 0.341 e. The third kappa shape index (κ3) is 2.72. The fourth-order valence-corrected chi connectivity index (χ4v) is 2.72. The van der Waals surface area contributed by atoms with Gasteiger partial charge in [-0.25, -0.2) is 4.79 Å². The van der Waals surface area contributed by atoms with Gasteiger partial charge in [0.15, 0.2) is 0 Å². The van der Waals surface area contributed by atoms with Gasteiger partial charge in [-0.15, -0.1) is 0 Å². The predicted octanol–water partition coefficient (Wildman–Crippen LogP) is 3.85. The average Bonchev–Trinajstić information content (AvgIpc) is 2.93. The highest BCUT2D eigenvalue weighted by atomic mass is 16.5. The fraction of sp³-hybridized carbons (Fsp3) is 0.150. The second kappa shape index (κ2) is 6.41. The summed E-state index contributed by atoms with van der Waals surface area (Å²) in [5.74, 6) is 5.95. The number of fused-ring (bicyclic) bond motifs is 1. The van der Waals surface area contributed by atoms with Gasteiger partial charge in [-0.2, -0.15) is 0 Å². The summed E-state index contributed by atoms with van der Waals surface area (Å²) in [6, 6.07) is 17.6. The zero-order chi connectivity index (χ0) is 16.2. The van der Waals surface area contributed by atoms with Gasteiger partial charge in [-0.05, 0) is 31.0 Å². The highest BCUT2D eigenvalue weighted by Crippen LogP contribution is 2.26. The molecule has 0 fully saturated rings. The molecule has 0 spiro atoms. The Kier molecular flexibility index (Phi) is 4.16. The van der Waals surface area contributed by atoms with E-state index in [1.54, 1.807) is 0 Å². The Hall–Kier alpha value is -2.99. The third-order valence-corrected chi connectivity index (χ3v) is 3.78. The molecule has 0 radical (unpaired) electrons. The van der Waals surface area contributed by atoms with Gasteiger partial charge >= 0.3 is 5.97 Å². The number of rotatable bonds is 2. The first-order chi connectivity index (χ1) is 11.3. The van der Waals surface area contributed by atoms with Crippen molar-refractivity contribution < 1.29 is 9.53 Å². The van der Waals surface area contributed by atoms with Crippen molar-refractivity contribution >= 4 is 16.9 Å². The van der Waals surface area contributed by atoms with Gasteiger partial charge in [0, 0.05) is 23.0 Å². The van der Waals surface area contributed by atoms with E-state index >= 15 is 0 Å². The summed E-state index contributed by atoms with van der Waals surface area (Å²) in [4.78, 5) is 12.3. The molecule has 0 bridgehead atoms. The number of carbonyl (C=O) groups is 1. The van der Waals surface area contributed by atoms with Gasteiger partial charge in [0.1, 0.15) is 11.3 Å². The Morgan fingerprint density at radius 1 is 1.04 bits per heavy atom. The zero-order valence-electron chi connectivity index (χ0n) is 13.2. The van der Waals surface area contributed by atoms with Gasteiger partial charge in [0.25, 0.3) is 0 Å². The lowest BCUT2D eigenvalue weighted by Crippen LogP contribution is -2.05. The number of aryl methyl sites for hydroxylation is 1. The zero-order valence-corrected chi connectivity index (χ0v) is 13.2. The maximum absolute atomic E-state index is 12.3. The molecule has 0 saturated heterocycles. The quantitative estimate of drug-likeness (QED) is 0.532. The SMILES string of the molecule is CCn1c(C#Cc2ccccc2)c(C(=O)OC)c2ccccc21. The van der Waals surface area contributed by atoms with E-state index in [0.717, 1.165) is 23.0 Å². The molecule has 0 aliphatic carbocycles. The number of carbonyl (C=O) groups excluding carboxylic acids is 1. The minimum Gasteiger partial charge on any atom is -0.465 e. The first-order valence-corrected chi connectivity index (χ1v) is 7.53. The second-order valence-corrected chi connectivity index (χ2v) is 5.09. The molecule has 0 saturated carbocycles. The minimum absolute atomic E-state index is 0.356. The Labute approximate surface area is 135 Å². The van der Waals surface area contributed by atoms with Gasteiger partial charge in [0.2, 0.25) is 0 Å². The number of hydrogen-bond acceptors (Lipinski definition) is 2. The summed E-state index contributed by atoms with van der Waals surface area (Å²) in [7, 11) is 1.40. The summed E-state index contributed by atoms with van der Waals surface area (Å²) >= 11 is 0. The molecule has 0 aliphatic heterocycles. The van der Waals surface area contributed by atoms with Crippen molar-refractivity contribution in [3.8, 4) is 11.8 Å². The number of para-hydroxylation sites is 1. The molecule has 114 valence electrons. The van der Waals surface area contributed by atoms with Gasteiger partial charge in [-0.1, -0.05) is 42.3 Å². The second-order valence-electron chi connectivity index (χ2n) is 5.09. The van der Waals surface area contributed by atoms with Crippen molar-refractivity contribution in [3.63, 3.8) is 0 Å². The van der Waals surface area contributed by atoms with Crippen LogP contribution in [0.2, 0.25) is 0 Å². The van der Waals surface area contributed by atoms with Crippen LogP contribution in [0, 0.1) is 11.8 Å². The molecule has 1 heterocycles. The highest BCUT2D eigenvalue weighted by Gasteiger charge is 2.21. The first-order valence-electron chi connectivity index (χ1n) is 7.53. The molecule has 3 nitrogen and oxygen atoms in total. The molecule has 0 amide bonds. The molecular weight excluding hydrogens is 286 g/mol. The number of methoxy groups -OCH3 is 1. The third-order valence-electron chi connectivity index (χ3n) is 3.78. The van der Waals surface area contributed by atoms with E-state index in [0.29, 0.717) is 11.3 Å². The van der Waals surface area contributed by atoms with Crippen LogP contribution in [0.3, 0.4) is 0 Å². The summed E-state index contributed by atoms with van der Waals surface area (Å²) < 4.78 is 7.03. The normalized spacial score (nSPS) is 10.2. The Morgan fingerprint density at radius 2 is 1.74 bits per heavy atom. The van der Waals surface area contributed by atoms with Crippen LogP contribution in [-0.4, -0.2) is 17.6 Å². The van der Waals surface area contributed by atoms with Gasteiger partial charge < -0.3 is 9.30 Å². The molecule has 0 atom stereocenters. The van der Waals surface area contributed by atoms with Crippen molar-refractivity contribution in [1.29, 1.82) is 0 Å². The lowest BCUT2D eigenvalue weighted by molar-refractivity contribution is 0.0602. The molecule has 0 N–H and O–H groups in total. The number of esters is 1. The van der Waals surface area contributed by atoms with E-state index in [-0.39, 0.29) is 5.97 Å². The summed E-state index contributed by atoms with van der Waals surface area (Å²) in [5, 5.41) is 0.874. The van der Waals surface area contributed by atoms with Crippen LogP contribution >= 0.6 is 0 Å². The van der Waals surface area contributed by atoms with Crippen molar-refractivity contribution in [3.05, 3.63) is 71.4 Å². The molecule has 3 heteroatoms. The Bertz CT molecular complexity index is 911. The van der Waals surface area contributed by atoms with Crippen LogP contribution in [0.4, 0.5) is 0 Å². The van der Waals surface area contributed by atoms with Crippen molar-refractivity contribution in [2.24, 2.45) is 0 Å². The minimum atomic E-state index is -0.356. The van der Waals surface area contributed by atoms with Crippen molar-refractivity contribution in [2.75, 3.05) is 7.11 Å². The largest absolute Gasteiger partial charge is 0.465 e. The van der Waals surface area contributed by atoms with E-state index < -0.39 is 0 Å². The molecule has 3 rings (SSSR count). The van der Waals surface area contributed by atoms with Crippen LogP contribution in [0.5, 0.6) is 0 Å². The summed E-state index contributed by atoms with van der Waals surface area (Å²) in [5.41, 5.74) is 3.14. The monoisotopic (exact) mass is 303 g/mol. The molecule has 0 unspecified atom stereocenters. The lowest BCUT2D eigenvalue weighted by Gasteiger charge is -2.03. The first kappa shape index (κ1) is 14.9. The van der Waals surface area contributed by atoms with Gasteiger partial charge in [-0.3, -0.25) is 0 Å². The van der Waals surface area contributed by atoms with Crippen LogP contribution in [0.1, 0.15) is 28.5 Å². The number of hydrogen-bond donors (Lipinski definition) is 0. The fourth-order valence-electron chi connectivity index (χ4n) is 2.72. The molecule has 23 heavy (non-hydrogen) atoms. The van der Waals surface area contributed by atoms with Crippen molar-refractivity contribution in [2.45, 2.75) is 13.5 Å². The highest BCUT2D eigenvalue weighted by molar-refractivity contribution is 6.07. The smallest absolute Gasteiger partial charge is 0.341 e. The number of benzene rings is 2. The van der Waals surface area contributed by atoms with E-state index in [1.807, 2.05) is 61.5 Å². The van der Waals surface area contributed by atoms with Crippen LogP contribution in [0.25, 0.3) is 10.9 Å². The molecular formula is C20H17NO2. The maximum atomic E-state index is 12.3. The van der Waals surface area contributed by atoms with E-state index in [4.69, 9.17) is 4.74 Å². The number of nitrogens with zero attached hydrogens (tertiary/aromatic N) is 1. The molecule has 2 aromatic carbocycles. The topological polar surface area (TPSA) is 31.2 Å². The summed E-state index contributed by atoms with van der Waals surface area (Å²) in [6.45, 7) is 2.78. The van der Waals surface area contributed by atoms with Crippen LogP contribution < -0.4 is 0 Å². The standard InChI is InChI=1S/C20H17NO2/c1-3-21-17-12-8-7-11-16(17)19(20(22)23-2)18(21)14-13-15-9-5-4-6-10-15/h4-12H,3H2,1-2H3. The van der Waals surface area contributed by atoms with Crippen molar-refractivity contribution in [1.82, 2.24) is 4.57 Å². The van der Waals surface area contributed by atoms with Crippen LogP contribution in [0.15, 0.2) is 54.6 Å². The number of aromatic nitrogens is 1.